The predicted octanol–water partition coefficient (Wildman–Crippen LogP) is -1.46. The lowest BCUT2D eigenvalue weighted by Gasteiger charge is -2.12. The predicted molar refractivity (Wildman–Crippen MR) is 43.0 cm³/mol. The Morgan fingerprint density at radius 1 is 0.938 bits per heavy atom. The molecule has 0 aromatic carbocycles. The summed E-state index contributed by atoms with van der Waals surface area (Å²) in [7, 11) is 0. The molecule has 0 rings (SSSR count). The Labute approximate surface area is 86.5 Å². The second-order valence-corrected chi connectivity index (χ2v) is 1.80. The summed E-state index contributed by atoms with van der Waals surface area (Å²) >= 11 is 0. The van der Waals surface area contributed by atoms with Crippen LogP contribution in [0.1, 0.15) is 0 Å². The van der Waals surface area contributed by atoms with Crippen molar-refractivity contribution in [1.29, 1.82) is 0 Å². The van der Waals surface area contributed by atoms with Gasteiger partial charge in [-0.15, -0.1) is 5.01 Å². The average molecular weight is 226 g/mol. The minimum atomic E-state index is -1.55. The lowest BCUT2D eigenvalue weighted by Crippen LogP contribution is -2.41. The van der Waals surface area contributed by atoms with Gasteiger partial charge >= 0.3 is 12.1 Å². The fourth-order valence-corrected chi connectivity index (χ4v) is 0.497. The number of nitrogens with zero attached hydrogens (tertiary/aromatic N) is 5. The second kappa shape index (κ2) is 6.35. The highest BCUT2D eigenvalue weighted by Crippen LogP contribution is 2.00. The summed E-state index contributed by atoms with van der Waals surface area (Å²) in [6, 6.07) is -3.02. The van der Waals surface area contributed by atoms with Crippen LogP contribution in [0.2, 0.25) is 0 Å². The summed E-state index contributed by atoms with van der Waals surface area (Å²) < 4.78 is 0. The van der Waals surface area contributed by atoms with E-state index in [0.717, 1.165) is 18.2 Å². The first-order valence-electron chi connectivity index (χ1n) is 3.25. The van der Waals surface area contributed by atoms with Crippen LogP contribution in [0.4, 0.5) is 9.59 Å². The van der Waals surface area contributed by atoms with Gasteiger partial charge in [-0.25, -0.2) is 24.0 Å². The average Bonchev–Trinajstić information content (AvgIpc) is 2.24. The first-order chi connectivity index (χ1) is 7.58. The summed E-state index contributed by atoms with van der Waals surface area (Å²) in [5.74, 6) is 0. The van der Waals surface area contributed by atoms with Crippen molar-refractivity contribution in [2.24, 2.45) is 21.0 Å². The number of urea groups is 2. The molecule has 0 unspecified atom stereocenters. The van der Waals surface area contributed by atoms with Gasteiger partial charge < -0.3 is 5.73 Å². The molecule has 0 radical (unpaired) electrons. The molecule has 0 aliphatic rings. The summed E-state index contributed by atoms with van der Waals surface area (Å²) in [4.78, 5) is 51.3. The Morgan fingerprint density at radius 3 is 1.69 bits per heavy atom. The molecule has 0 atom stereocenters. The lowest BCUT2D eigenvalue weighted by molar-refractivity contribution is 0.161. The summed E-state index contributed by atoms with van der Waals surface area (Å²) in [5.41, 5.74) is 4.64. The molecular formula is C5H2N6O5. The van der Waals surface area contributed by atoms with E-state index in [0.29, 0.717) is 0 Å². The van der Waals surface area contributed by atoms with Crippen LogP contribution < -0.4 is 5.73 Å². The fourth-order valence-electron chi connectivity index (χ4n) is 0.497. The van der Waals surface area contributed by atoms with E-state index in [9.17, 15) is 24.0 Å². The third-order valence-corrected chi connectivity index (χ3v) is 0.973. The largest absolute Gasteiger partial charge is 0.393 e. The number of amides is 4. The van der Waals surface area contributed by atoms with Crippen molar-refractivity contribution in [1.82, 2.24) is 10.1 Å². The molecule has 0 aromatic heterocycles. The molecule has 0 heterocycles. The zero-order valence-corrected chi connectivity index (χ0v) is 7.35. The molecule has 0 spiro atoms. The van der Waals surface area contributed by atoms with Crippen molar-refractivity contribution >= 4 is 30.3 Å². The van der Waals surface area contributed by atoms with Crippen LogP contribution in [0.25, 0.3) is 0 Å². The van der Waals surface area contributed by atoms with Gasteiger partial charge in [0.25, 0.3) is 18.2 Å². The SMILES string of the molecule is NC(=O)N(N=C=O)C(=O)N(N=C=O)N=C=O. The van der Waals surface area contributed by atoms with E-state index >= 15 is 0 Å². The molecule has 0 fully saturated rings. The van der Waals surface area contributed by atoms with E-state index in [1.54, 1.807) is 0 Å². The molecule has 0 bridgehead atoms. The zero-order valence-electron chi connectivity index (χ0n) is 7.35. The number of isocyanates is 3. The quantitative estimate of drug-likeness (QED) is 0.353. The van der Waals surface area contributed by atoms with Crippen LogP contribution in [0.15, 0.2) is 15.3 Å². The van der Waals surface area contributed by atoms with Gasteiger partial charge in [0.2, 0.25) is 0 Å². The highest BCUT2D eigenvalue weighted by molar-refractivity contribution is 5.92. The number of hydrogen-bond donors (Lipinski definition) is 1. The van der Waals surface area contributed by atoms with Crippen molar-refractivity contribution in [2.45, 2.75) is 0 Å². The van der Waals surface area contributed by atoms with Crippen LogP contribution in [0.5, 0.6) is 0 Å². The Kier molecular flexibility index (Phi) is 5.11. The molecule has 0 aromatic rings. The Morgan fingerprint density at radius 2 is 1.38 bits per heavy atom. The van der Waals surface area contributed by atoms with E-state index in [1.807, 2.05) is 0 Å². The molecule has 0 aliphatic carbocycles. The van der Waals surface area contributed by atoms with Gasteiger partial charge in [-0.3, -0.25) is 0 Å². The van der Waals surface area contributed by atoms with Crippen molar-refractivity contribution in [2.75, 3.05) is 0 Å². The summed E-state index contributed by atoms with van der Waals surface area (Å²) in [6.07, 6.45) is 2.56. The first-order valence-corrected chi connectivity index (χ1v) is 3.25. The fraction of sp³-hybridized carbons (Fsp3) is 0. The smallest absolute Gasteiger partial charge is 0.350 e. The number of nitrogens with two attached hydrogens (primary N) is 1. The van der Waals surface area contributed by atoms with Crippen LogP contribution >= 0.6 is 0 Å². The van der Waals surface area contributed by atoms with Gasteiger partial charge in [-0.2, -0.15) is 0 Å². The van der Waals surface area contributed by atoms with E-state index in [-0.39, 0.29) is 10.1 Å². The standard InChI is InChI=1S/C5H2N6O5/c6-4(15)10(7-1-12)5(16)11(8-2-13)9-3-14/h(H2,6,15). The molecule has 0 aliphatic heterocycles. The van der Waals surface area contributed by atoms with Crippen LogP contribution in [0.3, 0.4) is 0 Å². The Hall–Kier alpha value is -3.12. The van der Waals surface area contributed by atoms with Crippen molar-refractivity contribution in [3.05, 3.63) is 0 Å². The van der Waals surface area contributed by atoms with Crippen LogP contribution in [-0.4, -0.2) is 40.4 Å². The summed E-state index contributed by atoms with van der Waals surface area (Å²) in [5, 5.41) is 7.39. The molecule has 0 saturated carbocycles. The topological polar surface area (TPSA) is 155 Å². The molecule has 11 heteroatoms. The maximum atomic E-state index is 11.2. The molecule has 16 heavy (non-hydrogen) atoms. The van der Waals surface area contributed by atoms with Gasteiger partial charge in [0.05, 0.1) is 0 Å². The van der Waals surface area contributed by atoms with Gasteiger partial charge in [-0.05, 0) is 0 Å². The number of primary amides is 1. The van der Waals surface area contributed by atoms with Gasteiger partial charge in [-0.1, -0.05) is 20.4 Å². The van der Waals surface area contributed by atoms with Crippen LogP contribution in [0, 0.1) is 0 Å². The van der Waals surface area contributed by atoms with E-state index < -0.39 is 12.1 Å². The monoisotopic (exact) mass is 226 g/mol. The third-order valence-electron chi connectivity index (χ3n) is 0.973. The maximum Gasteiger partial charge on any atom is 0.393 e. The second-order valence-electron chi connectivity index (χ2n) is 1.80. The number of imide groups is 1. The Balaban J connectivity index is 5.24. The molecule has 82 valence electrons. The number of hydrazone groups is 3. The number of rotatable bonds is 3. The molecule has 0 saturated heterocycles. The van der Waals surface area contributed by atoms with Gasteiger partial charge in [0, 0.05) is 0 Å². The normalized spacial score (nSPS) is 7.50. The molecular weight excluding hydrogens is 224 g/mol. The minimum absolute atomic E-state index is 0.189. The number of carbonyl (C=O) groups is 2. The zero-order chi connectivity index (χ0) is 12.6. The maximum absolute atomic E-state index is 11.2. The third kappa shape index (κ3) is 3.32. The van der Waals surface area contributed by atoms with Crippen molar-refractivity contribution in [3.63, 3.8) is 0 Å². The molecule has 11 nitrogen and oxygen atoms in total. The molecule has 4 amide bonds. The highest BCUT2D eigenvalue weighted by atomic mass is 16.2. The van der Waals surface area contributed by atoms with E-state index in [4.69, 9.17) is 0 Å². The lowest BCUT2D eigenvalue weighted by atomic mass is 10.8. The number of carbonyl (C=O) groups excluding carboxylic acids is 5. The van der Waals surface area contributed by atoms with Gasteiger partial charge in [0.1, 0.15) is 0 Å². The Bertz CT molecular complexity index is 388. The van der Waals surface area contributed by atoms with Crippen molar-refractivity contribution < 1.29 is 24.0 Å². The van der Waals surface area contributed by atoms with Crippen molar-refractivity contribution in [3.8, 4) is 0 Å². The van der Waals surface area contributed by atoms with E-state index in [1.165, 1.54) is 0 Å². The van der Waals surface area contributed by atoms with E-state index in [2.05, 4.69) is 21.0 Å². The van der Waals surface area contributed by atoms with Gasteiger partial charge in [0.15, 0.2) is 0 Å². The first kappa shape index (κ1) is 12.9. The summed E-state index contributed by atoms with van der Waals surface area (Å²) in [6.45, 7) is 0. The van der Waals surface area contributed by atoms with Crippen LogP contribution in [-0.2, 0) is 14.4 Å². The highest BCUT2D eigenvalue weighted by Gasteiger charge is 2.25. The number of hydrogen-bond acceptors (Lipinski definition) is 8. The minimum Gasteiger partial charge on any atom is -0.350 e. The molecule has 2 N–H and O–H groups in total.